The second-order valence-electron chi connectivity index (χ2n) is 9.95. The number of nitrogens with zero attached hydrogens (tertiary/aromatic N) is 3. The van der Waals surface area contributed by atoms with Gasteiger partial charge in [-0.05, 0) is 42.8 Å². The van der Waals surface area contributed by atoms with Crippen molar-refractivity contribution in [2.24, 2.45) is 4.99 Å². The van der Waals surface area contributed by atoms with E-state index in [9.17, 15) is 19.7 Å². The Bertz CT molecular complexity index is 2220. The first kappa shape index (κ1) is 31.0. The van der Waals surface area contributed by atoms with Crippen molar-refractivity contribution in [1.29, 1.82) is 0 Å². The normalized spacial score (nSPS) is 14.5. The lowest BCUT2D eigenvalue weighted by Crippen LogP contribution is -2.40. The second kappa shape index (κ2) is 12.8. The van der Waals surface area contributed by atoms with Crippen LogP contribution in [0.4, 0.5) is 5.69 Å². The fourth-order valence-electron chi connectivity index (χ4n) is 5.14. The smallest absolute Gasteiger partial charge is 0.338 e. The van der Waals surface area contributed by atoms with Crippen molar-refractivity contribution in [3.05, 3.63) is 141 Å². The molecule has 0 saturated heterocycles. The fourth-order valence-corrected chi connectivity index (χ4v) is 6.60. The van der Waals surface area contributed by atoms with Gasteiger partial charge in [0.15, 0.2) is 4.80 Å². The standard InChI is InChI=1S/C33H23Cl2N3O7S/c1-3-44-32(40)28-29(18-8-5-4-6-9-18)36-33-37(30(28)19-10-7-11-20(14-19)43-2)31(39)27(46-33)15-21-12-13-26(45-21)22-16-24(35)25(38(41)42)17-23(22)34/h4-17,30H,3H2,1-2H3/b27-15+/t30-/m0/s1. The summed E-state index contributed by atoms with van der Waals surface area (Å²) >= 11 is 13.6. The van der Waals surface area contributed by atoms with E-state index in [0.717, 1.165) is 17.4 Å². The fraction of sp³-hybridized carbons (Fsp3) is 0.121. The van der Waals surface area contributed by atoms with Crippen LogP contribution in [0.2, 0.25) is 10.0 Å². The molecule has 6 rings (SSSR count). The van der Waals surface area contributed by atoms with Crippen LogP contribution in [0, 0.1) is 10.1 Å². The number of carbonyl (C=O) groups excluding carboxylic acids is 1. The summed E-state index contributed by atoms with van der Waals surface area (Å²) in [6.07, 6.45) is 1.56. The SMILES string of the molecule is CCOC(=O)C1=C(c2ccccc2)N=c2s/c(=C/c3ccc(-c4cc(Cl)c([N+](=O)[O-])cc4Cl)o3)c(=O)n2[C@H]1c1cccc(OC)c1. The number of rotatable bonds is 8. The average Bonchev–Trinajstić information content (AvgIpc) is 3.65. The Hall–Kier alpha value is -4.97. The lowest BCUT2D eigenvalue weighted by atomic mass is 9.93. The summed E-state index contributed by atoms with van der Waals surface area (Å²) in [6, 6.07) is 21.3. The number of esters is 1. The van der Waals surface area contributed by atoms with Crippen LogP contribution in [0.1, 0.15) is 29.9 Å². The molecule has 0 amide bonds. The van der Waals surface area contributed by atoms with Gasteiger partial charge >= 0.3 is 5.97 Å². The quantitative estimate of drug-likeness (QED) is 0.106. The molecule has 0 unspecified atom stereocenters. The first-order chi connectivity index (χ1) is 22.2. The van der Waals surface area contributed by atoms with Gasteiger partial charge < -0.3 is 13.9 Å². The number of benzene rings is 3. The minimum atomic E-state index is -0.879. The van der Waals surface area contributed by atoms with Gasteiger partial charge in [-0.3, -0.25) is 19.5 Å². The van der Waals surface area contributed by atoms with E-state index in [2.05, 4.69) is 0 Å². The number of nitro benzene ring substituents is 1. The molecule has 13 heteroatoms. The van der Waals surface area contributed by atoms with E-state index in [1.54, 1.807) is 43.3 Å². The molecule has 0 bridgehead atoms. The van der Waals surface area contributed by atoms with Crippen molar-refractivity contribution < 1.29 is 23.6 Å². The van der Waals surface area contributed by atoms with Crippen molar-refractivity contribution in [3.63, 3.8) is 0 Å². The Morgan fingerprint density at radius 1 is 1.09 bits per heavy atom. The van der Waals surface area contributed by atoms with Crippen molar-refractivity contribution in [3.8, 4) is 17.1 Å². The predicted molar refractivity (Wildman–Crippen MR) is 175 cm³/mol. The van der Waals surface area contributed by atoms with Crippen LogP contribution >= 0.6 is 34.5 Å². The number of carbonyl (C=O) groups is 1. The Labute approximate surface area is 275 Å². The molecule has 46 heavy (non-hydrogen) atoms. The highest BCUT2D eigenvalue weighted by atomic mass is 35.5. The topological polar surface area (TPSA) is 126 Å². The summed E-state index contributed by atoms with van der Waals surface area (Å²) in [5, 5.41) is 11.2. The lowest BCUT2D eigenvalue weighted by Gasteiger charge is -2.26. The largest absolute Gasteiger partial charge is 0.497 e. The van der Waals surface area contributed by atoms with Crippen LogP contribution in [0.3, 0.4) is 0 Å². The molecule has 0 radical (unpaired) electrons. The number of fused-ring (bicyclic) bond motifs is 1. The summed E-state index contributed by atoms with van der Waals surface area (Å²) in [5.41, 5.74) is 1.54. The van der Waals surface area contributed by atoms with Crippen molar-refractivity contribution >= 4 is 58.0 Å². The zero-order valence-corrected chi connectivity index (χ0v) is 26.6. The number of hydrogen-bond donors (Lipinski definition) is 0. The Morgan fingerprint density at radius 2 is 1.87 bits per heavy atom. The lowest BCUT2D eigenvalue weighted by molar-refractivity contribution is -0.384. The summed E-state index contributed by atoms with van der Waals surface area (Å²) in [4.78, 5) is 43.6. The number of hydrogen-bond acceptors (Lipinski definition) is 9. The van der Waals surface area contributed by atoms with Crippen LogP contribution in [-0.2, 0) is 9.53 Å². The molecule has 2 aromatic heterocycles. The van der Waals surface area contributed by atoms with Crippen LogP contribution in [-0.4, -0.2) is 29.2 Å². The first-order valence-electron chi connectivity index (χ1n) is 13.9. The highest BCUT2D eigenvalue weighted by Gasteiger charge is 2.35. The van der Waals surface area contributed by atoms with Gasteiger partial charge in [-0.2, -0.15) is 0 Å². The van der Waals surface area contributed by atoms with E-state index < -0.39 is 22.5 Å². The predicted octanol–water partition coefficient (Wildman–Crippen LogP) is 6.42. The number of methoxy groups -OCH3 is 1. The highest BCUT2D eigenvalue weighted by Crippen LogP contribution is 2.38. The zero-order chi connectivity index (χ0) is 32.5. The molecule has 1 aliphatic rings. The van der Waals surface area contributed by atoms with Gasteiger partial charge in [0.25, 0.3) is 11.2 Å². The Balaban J connectivity index is 1.54. The van der Waals surface area contributed by atoms with Crippen molar-refractivity contribution in [2.45, 2.75) is 13.0 Å². The van der Waals surface area contributed by atoms with E-state index in [4.69, 9.17) is 42.1 Å². The maximum Gasteiger partial charge on any atom is 0.338 e. The summed E-state index contributed by atoms with van der Waals surface area (Å²) in [6.45, 7) is 1.84. The van der Waals surface area contributed by atoms with Crippen LogP contribution in [0.15, 0.2) is 98.6 Å². The monoisotopic (exact) mass is 675 g/mol. The minimum Gasteiger partial charge on any atom is -0.497 e. The van der Waals surface area contributed by atoms with E-state index in [1.165, 1.54) is 17.7 Å². The van der Waals surface area contributed by atoms with E-state index in [-0.39, 0.29) is 32.4 Å². The molecule has 10 nitrogen and oxygen atoms in total. The molecule has 0 fully saturated rings. The third kappa shape index (κ3) is 5.76. The molecule has 3 heterocycles. The van der Waals surface area contributed by atoms with Gasteiger partial charge in [0.2, 0.25) is 0 Å². The van der Waals surface area contributed by atoms with Gasteiger partial charge in [-0.1, -0.05) is 77.0 Å². The Morgan fingerprint density at radius 3 is 2.59 bits per heavy atom. The Kier molecular flexibility index (Phi) is 8.63. The molecule has 1 atom stereocenters. The van der Waals surface area contributed by atoms with Crippen molar-refractivity contribution in [1.82, 2.24) is 4.57 Å². The maximum atomic E-state index is 14.1. The number of nitro groups is 1. The second-order valence-corrected chi connectivity index (χ2v) is 11.8. The van der Waals surface area contributed by atoms with Gasteiger partial charge in [-0.25, -0.2) is 9.79 Å². The molecule has 0 spiro atoms. The van der Waals surface area contributed by atoms with Gasteiger partial charge in [0.1, 0.15) is 22.3 Å². The third-order valence-electron chi connectivity index (χ3n) is 7.18. The number of aromatic nitrogens is 1. The molecule has 0 saturated carbocycles. The van der Waals surface area contributed by atoms with Gasteiger partial charge in [0.05, 0.1) is 45.5 Å². The van der Waals surface area contributed by atoms with Gasteiger partial charge in [-0.15, -0.1) is 0 Å². The maximum absolute atomic E-state index is 14.1. The summed E-state index contributed by atoms with van der Waals surface area (Å²) < 4.78 is 18.7. The van der Waals surface area contributed by atoms with Crippen LogP contribution in [0.5, 0.6) is 5.75 Å². The van der Waals surface area contributed by atoms with E-state index in [1.807, 2.05) is 36.4 Å². The molecule has 5 aromatic rings. The minimum absolute atomic E-state index is 0.0783. The zero-order valence-electron chi connectivity index (χ0n) is 24.2. The molecular formula is C33H23Cl2N3O7S. The molecule has 0 aliphatic carbocycles. The first-order valence-corrected chi connectivity index (χ1v) is 15.4. The molecular weight excluding hydrogens is 653 g/mol. The molecule has 1 aliphatic heterocycles. The number of furan rings is 1. The van der Waals surface area contributed by atoms with Gasteiger partial charge in [0, 0.05) is 23.3 Å². The third-order valence-corrected chi connectivity index (χ3v) is 8.78. The number of thiazole rings is 1. The molecule has 232 valence electrons. The van der Waals surface area contributed by atoms with Crippen LogP contribution < -0.4 is 19.6 Å². The van der Waals surface area contributed by atoms with E-state index >= 15 is 0 Å². The summed E-state index contributed by atoms with van der Waals surface area (Å²) in [5.74, 6) is 0.568. The van der Waals surface area contributed by atoms with E-state index in [0.29, 0.717) is 44.5 Å². The van der Waals surface area contributed by atoms with Crippen LogP contribution in [0.25, 0.3) is 23.1 Å². The molecule has 0 N–H and O–H groups in total. The summed E-state index contributed by atoms with van der Waals surface area (Å²) in [7, 11) is 1.54. The van der Waals surface area contributed by atoms with Crippen molar-refractivity contribution in [2.75, 3.05) is 13.7 Å². The number of halogens is 2. The molecule has 3 aromatic carbocycles. The number of ether oxygens (including phenoxy) is 2. The highest BCUT2D eigenvalue weighted by molar-refractivity contribution is 7.07. The average molecular weight is 677 g/mol.